The second-order valence-corrected chi connectivity index (χ2v) is 8.87. The highest BCUT2D eigenvalue weighted by molar-refractivity contribution is 6.31. The Morgan fingerprint density at radius 1 is 0.935 bits per heavy atom. The van der Waals surface area contributed by atoms with Crippen LogP contribution in [0.2, 0.25) is 5.02 Å². The third-order valence-electron chi connectivity index (χ3n) is 6.39. The van der Waals surface area contributed by atoms with Crippen molar-refractivity contribution < 1.29 is 4.79 Å². The highest BCUT2D eigenvalue weighted by Crippen LogP contribution is 2.30. The summed E-state index contributed by atoms with van der Waals surface area (Å²) in [7, 11) is 0. The van der Waals surface area contributed by atoms with Gasteiger partial charge in [0.1, 0.15) is 0 Å². The summed E-state index contributed by atoms with van der Waals surface area (Å²) in [5, 5.41) is 2.98. The first-order chi connectivity index (χ1) is 15.1. The van der Waals surface area contributed by atoms with Crippen LogP contribution in [0.25, 0.3) is 21.8 Å². The molecule has 158 valence electrons. The zero-order valence-electron chi connectivity index (χ0n) is 17.6. The number of fused-ring (bicyclic) bond motifs is 3. The van der Waals surface area contributed by atoms with Gasteiger partial charge in [0, 0.05) is 59.6 Å². The second-order valence-electron chi connectivity index (χ2n) is 8.43. The molecule has 1 aliphatic heterocycles. The Hall–Kier alpha value is -2.82. The zero-order valence-corrected chi connectivity index (χ0v) is 18.4. The molecule has 31 heavy (non-hydrogen) atoms. The number of piperazine rings is 1. The summed E-state index contributed by atoms with van der Waals surface area (Å²) in [4.78, 5) is 21.1. The van der Waals surface area contributed by atoms with Crippen LogP contribution in [-0.2, 0) is 11.3 Å². The summed E-state index contributed by atoms with van der Waals surface area (Å²) >= 11 is 6.17. The summed E-state index contributed by atoms with van der Waals surface area (Å²) in [6, 6.07) is 22.7. The van der Waals surface area contributed by atoms with Crippen LogP contribution in [-0.4, -0.2) is 46.9 Å². The summed E-state index contributed by atoms with van der Waals surface area (Å²) in [6.07, 6.45) is 0. The number of carbonyl (C=O) groups is 1. The lowest BCUT2D eigenvalue weighted by atomic mass is 9.97. The Labute approximate surface area is 187 Å². The number of carbonyl (C=O) groups excluding carboxylic acids is 1. The smallest absolute Gasteiger partial charge is 0.229 e. The van der Waals surface area contributed by atoms with Crippen molar-refractivity contribution in [2.45, 2.75) is 19.4 Å². The van der Waals surface area contributed by atoms with E-state index in [1.54, 1.807) is 0 Å². The van der Waals surface area contributed by atoms with E-state index in [1.165, 1.54) is 5.56 Å². The molecule has 0 radical (unpaired) electrons. The minimum absolute atomic E-state index is 0.167. The predicted octanol–water partition coefficient (Wildman–Crippen LogP) is 5.42. The number of hydrogen-bond donors (Lipinski definition) is 1. The minimum atomic E-state index is -0.167. The van der Waals surface area contributed by atoms with Gasteiger partial charge in [-0.2, -0.15) is 0 Å². The van der Waals surface area contributed by atoms with Crippen LogP contribution in [0.4, 0.5) is 0 Å². The number of aromatic amines is 1. The van der Waals surface area contributed by atoms with Gasteiger partial charge in [0.05, 0.1) is 5.92 Å². The van der Waals surface area contributed by atoms with Crippen LogP contribution in [0.1, 0.15) is 24.0 Å². The van der Waals surface area contributed by atoms with Crippen LogP contribution >= 0.6 is 11.6 Å². The fourth-order valence-electron chi connectivity index (χ4n) is 4.55. The van der Waals surface area contributed by atoms with Gasteiger partial charge in [-0.05, 0) is 42.3 Å². The number of H-pyrrole nitrogens is 1. The first-order valence-electron chi connectivity index (χ1n) is 10.8. The van der Waals surface area contributed by atoms with Crippen molar-refractivity contribution in [3.05, 3.63) is 82.9 Å². The number of nitrogens with one attached hydrogen (secondary N) is 1. The van der Waals surface area contributed by atoms with Gasteiger partial charge in [-0.25, -0.2) is 0 Å². The summed E-state index contributed by atoms with van der Waals surface area (Å²) in [6.45, 7) is 6.34. The lowest BCUT2D eigenvalue weighted by Gasteiger charge is -2.36. The third kappa shape index (κ3) is 4.06. The first kappa shape index (κ1) is 20.1. The SMILES string of the molecule is C[C@@H](C(=O)N1CCN(Cc2ccccc2)CC1)c1ccc2c(c1)[nH]c1ccc(Cl)cc12. The van der Waals surface area contributed by atoms with Crippen molar-refractivity contribution in [1.29, 1.82) is 0 Å². The number of hydrogen-bond acceptors (Lipinski definition) is 2. The minimum Gasteiger partial charge on any atom is -0.355 e. The van der Waals surface area contributed by atoms with E-state index in [0.29, 0.717) is 0 Å². The molecule has 0 saturated carbocycles. The third-order valence-corrected chi connectivity index (χ3v) is 6.62. The molecule has 0 spiro atoms. The fraction of sp³-hybridized carbons (Fsp3) is 0.269. The maximum absolute atomic E-state index is 13.2. The Bertz CT molecular complexity index is 1230. The van der Waals surface area contributed by atoms with Gasteiger partial charge >= 0.3 is 0 Å². The van der Waals surface area contributed by atoms with Gasteiger partial charge in [0.15, 0.2) is 0 Å². The van der Waals surface area contributed by atoms with Crippen LogP contribution in [0.5, 0.6) is 0 Å². The molecule has 5 heteroatoms. The van der Waals surface area contributed by atoms with Crippen molar-refractivity contribution in [2.24, 2.45) is 0 Å². The normalized spacial score (nSPS) is 16.1. The van der Waals surface area contributed by atoms with E-state index in [9.17, 15) is 4.79 Å². The Morgan fingerprint density at radius 3 is 2.48 bits per heavy atom. The topological polar surface area (TPSA) is 39.3 Å². The highest BCUT2D eigenvalue weighted by atomic mass is 35.5. The first-order valence-corrected chi connectivity index (χ1v) is 11.2. The van der Waals surface area contributed by atoms with Gasteiger partial charge in [-0.1, -0.05) is 54.1 Å². The van der Waals surface area contributed by atoms with Crippen molar-refractivity contribution in [1.82, 2.24) is 14.8 Å². The van der Waals surface area contributed by atoms with Gasteiger partial charge in [0.2, 0.25) is 5.91 Å². The lowest BCUT2D eigenvalue weighted by Crippen LogP contribution is -2.49. The molecule has 0 unspecified atom stereocenters. The van der Waals surface area contributed by atoms with Crippen molar-refractivity contribution >= 4 is 39.3 Å². The van der Waals surface area contributed by atoms with Gasteiger partial charge in [-0.3, -0.25) is 9.69 Å². The predicted molar refractivity (Wildman–Crippen MR) is 128 cm³/mol. The van der Waals surface area contributed by atoms with Crippen molar-refractivity contribution in [3.63, 3.8) is 0 Å². The molecular weight excluding hydrogens is 406 g/mol. The molecule has 2 heterocycles. The largest absolute Gasteiger partial charge is 0.355 e. The van der Waals surface area contributed by atoms with E-state index in [-0.39, 0.29) is 11.8 Å². The molecule has 4 nitrogen and oxygen atoms in total. The van der Waals surface area contributed by atoms with Gasteiger partial charge in [-0.15, -0.1) is 0 Å². The van der Waals surface area contributed by atoms with Crippen molar-refractivity contribution in [3.8, 4) is 0 Å². The van der Waals surface area contributed by atoms with Gasteiger partial charge < -0.3 is 9.88 Å². The molecule has 1 amide bonds. The van der Waals surface area contributed by atoms with Crippen molar-refractivity contribution in [2.75, 3.05) is 26.2 Å². The maximum Gasteiger partial charge on any atom is 0.229 e. The highest BCUT2D eigenvalue weighted by Gasteiger charge is 2.26. The molecular formula is C26H26ClN3O. The molecule has 4 aromatic rings. The van der Waals surface area contributed by atoms with E-state index in [4.69, 9.17) is 11.6 Å². The number of halogens is 1. The Balaban J connectivity index is 1.27. The molecule has 5 rings (SSSR count). The average molecular weight is 432 g/mol. The quantitative estimate of drug-likeness (QED) is 0.468. The number of nitrogens with zero attached hydrogens (tertiary/aromatic N) is 2. The molecule has 1 atom stereocenters. The van der Waals surface area contributed by atoms with Crippen LogP contribution in [0.3, 0.4) is 0 Å². The second kappa shape index (κ2) is 8.37. The van der Waals surface area contributed by atoms with E-state index in [1.807, 2.05) is 36.1 Å². The Morgan fingerprint density at radius 2 is 1.71 bits per heavy atom. The standard InChI is InChI=1S/C26H26ClN3O/c1-18(20-7-9-22-23-16-21(27)8-10-24(23)28-25(22)15-20)26(31)30-13-11-29(12-14-30)17-19-5-3-2-4-6-19/h2-10,15-16,18,28H,11-14,17H2,1H3/t18-/m1/s1. The summed E-state index contributed by atoms with van der Waals surface area (Å²) < 4.78 is 0. The van der Waals surface area contributed by atoms with Crippen LogP contribution < -0.4 is 0 Å². The summed E-state index contributed by atoms with van der Waals surface area (Å²) in [5.41, 5.74) is 4.47. The number of benzene rings is 3. The van der Waals surface area contributed by atoms with E-state index >= 15 is 0 Å². The van der Waals surface area contributed by atoms with E-state index in [2.05, 4.69) is 52.3 Å². The monoisotopic (exact) mass is 431 g/mol. The molecule has 3 aromatic carbocycles. The summed E-state index contributed by atoms with van der Waals surface area (Å²) in [5.74, 6) is 0.0398. The average Bonchev–Trinajstić information content (AvgIpc) is 3.16. The molecule has 1 fully saturated rings. The molecule has 1 saturated heterocycles. The maximum atomic E-state index is 13.2. The van der Waals surface area contributed by atoms with Crippen LogP contribution in [0.15, 0.2) is 66.7 Å². The van der Waals surface area contributed by atoms with E-state index < -0.39 is 0 Å². The molecule has 0 aliphatic carbocycles. The number of rotatable bonds is 4. The zero-order chi connectivity index (χ0) is 21.4. The number of aromatic nitrogens is 1. The number of amides is 1. The Kier molecular flexibility index (Phi) is 5.43. The molecule has 0 bridgehead atoms. The lowest BCUT2D eigenvalue weighted by molar-refractivity contribution is -0.134. The van der Waals surface area contributed by atoms with Crippen LogP contribution in [0, 0.1) is 0 Å². The molecule has 1 aliphatic rings. The molecule has 1 N–H and O–H groups in total. The fourth-order valence-corrected chi connectivity index (χ4v) is 4.72. The van der Waals surface area contributed by atoms with Gasteiger partial charge in [0.25, 0.3) is 0 Å². The van der Waals surface area contributed by atoms with E-state index in [0.717, 1.165) is 65.1 Å². The molecule has 1 aromatic heterocycles.